The van der Waals surface area contributed by atoms with E-state index < -0.39 is 10.1 Å². The third-order valence-corrected chi connectivity index (χ3v) is 5.88. The highest BCUT2D eigenvalue weighted by Gasteiger charge is 2.37. The highest BCUT2D eigenvalue weighted by Crippen LogP contribution is 2.48. The van der Waals surface area contributed by atoms with Crippen LogP contribution in [0.5, 0.6) is 11.5 Å². The average Bonchev–Trinajstić information content (AvgIpc) is 2.72. The summed E-state index contributed by atoms with van der Waals surface area (Å²) < 4.78 is 38.7. The molecular weight excluding hydrogens is 390 g/mol. The Balaban J connectivity index is 1.84. The highest BCUT2D eigenvalue weighted by atomic mass is 32.2. The van der Waals surface area contributed by atoms with Crippen molar-refractivity contribution >= 4 is 27.7 Å². The summed E-state index contributed by atoms with van der Waals surface area (Å²) in [7, 11) is -4.12. The zero-order valence-corrected chi connectivity index (χ0v) is 16.9. The van der Waals surface area contributed by atoms with E-state index >= 15 is 0 Å². The van der Waals surface area contributed by atoms with E-state index in [1.165, 1.54) is 0 Å². The molecule has 0 aromatic heterocycles. The summed E-state index contributed by atoms with van der Waals surface area (Å²) in [5, 5.41) is 0. The molecule has 7 nitrogen and oxygen atoms in total. The number of para-hydroxylation sites is 4. The average molecular weight is 413 g/mol. The Hall–Kier alpha value is -2.84. The van der Waals surface area contributed by atoms with E-state index in [1.54, 1.807) is 6.21 Å². The van der Waals surface area contributed by atoms with E-state index in [9.17, 15) is 13.0 Å². The molecule has 1 N–H and O–H groups in total. The van der Waals surface area contributed by atoms with Gasteiger partial charge in [-0.3, -0.25) is 9.55 Å². The molecule has 2 aliphatic rings. The lowest BCUT2D eigenvalue weighted by atomic mass is 10.0. The molecule has 0 bridgehead atoms. The molecule has 0 aliphatic carbocycles. The van der Waals surface area contributed by atoms with Crippen LogP contribution >= 0.6 is 0 Å². The van der Waals surface area contributed by atoms with Crippen molar-refractivity contribution in [2.24, 2.45) is 4.99 Å². The molecule has 2 atom stereocenters. The molecule has 152 valence electrons. The number of benzene rings is 2. The number of hydrogen-bond acceptors (Lipinski definition) is 6. The van der Waals surface area contributed by atoms with E-state index in [4.69, 9.17) is 4.74 Å². The minimum Gasteiger partial charge on any atom is -0.453 e. The maximum absolute atomic E-state index is 11.6. The number of likely N-dealkylation sites (N-methyl/N-ethyl adjacent to an activating group) is 1. The van der Waals surface area contributed by atoms with Crippen molar-refractivity contribution < 1.29 is 17.7 Å². The molecule has 29 heavy (non-hydrogen) atoms. The molecule has 0 radical (unpaired) electrons. The summed E-state index contributed by atoms with van der Waals surface area (Å²) in [4.78, 5) is 8.81. The first kappa shape index (κ1) is 19.5. The van der Waals surface area contributed by atoms with E-state index in [-0.39, 0.29) is 24.4 Å². The van der Waals surface area contributed by atoms with E-state index in [0.29, 0.717) is 18.0 Å². The monoisotopic (exact) mass is 413 g/mol. The maximum atomic E-state index is 11.6. The highest BCUT2D eigenvalue weighted by molar-refractivity contribution is 7.85. The van der Waals surface area contributed by atoms with Gasteiger partial charge in [0.2, 0.25) is 0 Å². The molecule has 0 amide bonds. The van der Waals surface area contributed by atoms with Crippen LogP contribution in [-0.4, -0.2) is 48.6 Å². The standard InChI is InChI=1S/C21H23N3O4S/c1-2-23-14-7-13-22-21(23)18(12-15-29(25,26)27)24-16-8-3-5-10-19(16)28-20-11-6-4-9-17(20)24/h3-11,13-14,18,21H,2,12,15H2,1H3,(H,25,26,27). The molecule has 2 heterocycles. The van der Waals surface area contributed by atoms with Crippen molar-refractivity contribution in [1.82, 2.24) is 4.90 Å². The normalized spacial score (nSPS) is 18.8. The summed E-state index contributed by atoms with van der Waals surface area (Å²) in [5.41, 5.74) is 1.68. The predicted octanol–water partition coefficient (Wildman–Crippen LogP) is 3.82. The van der Waals surface area contributed by atoms with Gasteiger partial charge >= 0.3 is 0 Å². The third-order valence-electron chi connectivity index (χ3n) is 5.12. The minimum atomic E-state index is -4.12. The Kier molecular flexibility index (Phi) is 5.29. The number of aliphatic imine (C=N–C) groups is 1. The first-order valence-corrected chi connectivity index (χ1v) is 11.1. The number of allylic oxidation sites excluding steroid dienone is 1. The number of anilines is 2. The van der Waals surface area contributed by atoms with Gasteiger partial charge in [-0.05, 0) is 43.7 Å². The van der Waals surface area contributed by atoms with E-state index in [0.717, 1.165) is 11.4 Å². The smallest absolute Gasteiger partial charge is 0.264 e. The number of rotatable bonds is 6. The lowest BCUT2D eigenvalue weighted by Crippen LogP contribution is -2.50. The molecule has 2 aromatic rings. The number of fused-ring (bicyclic) bond motifs is 2. The quantitative estimate of drug-likeness (QED) is 0.725. The molecule has 0 spiro atoms. The summed E-state index contributed by atoms with van der Waals surface area (Å²) in [6, 6.07) is 15.0. The second-order valence-electron chi connectivity index (χ2n) is 6.93. The molecule has 2 aliphatic heterocycles. The van der Waals surface area contributed by atoms with Gasteiger partial charge in [0.25, 0.3) is 10.1 Å². The van der Waals surface area contributed by atoms with Crippen LogP contribution in [-0.2, 0) is 10.1 Å². The first-order valence-electron chi connectivity index (χ1n) is 9.54. The fourth-order valence-corrected chi connectivity index (χ4v) is 4.38. The van der Waals surface area contributed by atoms with Gasteiger partial charge in [0.15, 0.2) is 11.5 Å². The van der Waals surface area contributed by atoms with Gasteiger partial charge in [0.05, 0.1) is 23.2 Å². The second kappa shape index (κ2) is 7.88. The van der Waals surface area contributed by atoms with Gasteiger partial charge in [0.1, 0.15) is 6.17 Å². The summed E-state index contributed by atoms with van der Waals surface area (Å²) in [6.07, 6.45) is 5.44. The van der Waals surface area contributed by atoms with Crippen LogP contribution < -0.4 is 9.64 Å². The van der Waals surface area contributed by atoms with Gasteiger partial charge in [-0.2, -0.15) is 8.42 Å². The Morgan fingerprint density at radius 2 is 1.72 bits per heavy atom. The van der Waals surface area contributed by atoms with Crippen LogP contribution in [0.2, 0.25) is 0 Å². The molecule has 2 aromatic carbocycles. The zero-order valence-electron chi connectivity index (χ0n) is 16.0. The van der Waals surface area contributed by atoms with E-state index in [1.807, 2.05) is 67.7 Å². The zero-order chi connectivity index (χ0) is 20.4. The molecule has 0 fully saturated rings. The van der Waals surface area contributed by atoms with Gasteiger partial charge in [0, 0.05) is 19.0 Å². The lowest BCUT2D eigenvalue weighted by Gasteiger charge is -2.44. The molecule has 4 rings (SSSR count). The van der Waals surface area contributed by atoms with Crippen LogP contribution in [0.4, 0.5) is 11.4 Å². The van der Waals surface area contributed by atoms with Crippen LogP contribution in [0.1, 0.15) is 13.3 Å². The molecule has 2 unspecified atom stereocenters. The van der Waals surface area contributed by atoms with Gasteiger partial charge in [-0.1, -0.05) is 24.3 Å². The molecule has 0 saturated carbocycles. The molecular formula is C21H23N3O4S. The van der Waals surface area contributed by atoms with Crippen LogP contribution in [0.3, 0.4) is 0 Å². The van der Waals surface area contributed by atoms with Crippen LogP contribution in [0.15, 0.2) is 65.8 Å². The van der Waals surface area contributed by atoms with Crippen molar-refractivity contribution in [2.75, 3.05) is 17.2 Å². The number of nitrogens with zero attached hydrogens (tertiary/aromatic N) is 3. The summed E-state index contributed by atoms with van der Waals surface area (Å²) >= 11 is 0. The number of ether oxygens (including phenoxy) is 1. The molecule has 0 saturated heterocycles. The Morgan fingerprint density at radius 3 is 2.31 bits per heavy atom. The summed E-state index contributed by atoms with van der Waals surface area (Å²) in [5.74, 6) is 1.04. The summed E-state index contributed by atoms with van der Waals surface area (Å²) in [6.45, 7) is 2.74. The van der Waals surface area contributed by atoms with Gasteiger partial charge in [-0.25, -0.2) is 0 Å². The topological polar surface area (TPSA) is 82.4 Å². The molecule has 8 heteroatoms. The van der Waals surface area contributed by atoms with Crippen molar-refractivity contribution in [2.45, 2.75) is 25.6 Å². The second-order valence-corrected chi connectivity index (χ2v) is 8.51. The predicted molar refractivity (Wildman–Crippen MR) is 114 cm³/mol. The fourth-order valence-electron chi connectivity index (χ4n) is 3.85. The SMILES string of the molecule is CCN1C=CC=NC1C(CCS(=O)(=O)O)N1c2ccccc2Oc2ccccc21. The largest absolute Gasteiger partial charge is 0.453 e. The van der Waals surface area contributed by atoms with Crippen molar-refractivity contribution in [3.8, 4) is 11.5 Å². The Bertz CT molecular complexity index is 1010. The lowest BCUT2D eigenvalue weighted by molar-refractivity contribution is 0.249. The maximum Gasteiger partial charge on any atom is 0.264 e. The number of hydrogen-bond donors (Lipinski definition) is 1. The van der Waals surface area contributed by atoms with Crippen molar-refractivity contribution in [3.63, 3.8) is 0 Å². The third kappa shape index (κ3) is 3.99. The minimum absolute atomic E-state index is 0.202. The first-order chi connectivity index (χ1) is 14.0. The van der Waals surface area contributed by atoms with Gasteiger partial charge < -0.3 is 14.5 Å². The van der Waals surface area contributed by atoms with Crippen molar-refractivity contribution in [1.29, 1.82) is 0 Å². The van der Waals surface area contributed by atoms with Crippen molar-refractivity contribution in [3.05, 3.63) is 60.8 Å². The van der Waals surface area contributed by atoms with Crippen LogP contribution in [0.25, 0.3) is 0 Å². The Morgan fingerprint density at radius 1 is 1.10 bits per heavy atom. The van der Waals surface area contributed by atoms with E-state index in [2.05, 4.69) is 14.8 Å². The Labute approximate surface area is 170 Å². The van der Waals surface area contributed by atoms with Gasteiger partial charge in [-0.15, -0.1) is 0 Å². The fraction of sp³-hybridized carbons (Fsp3) is 0.286. The van der Waals surface area contributed by atoms with Crippen LogP contribution in [0, 0.1) is 0 Å².